The summed E-state index contributed by atoms with van der Waals surface area (Å²) in [6.07, 6.45) is 0.736. The van der Waals surface area contributed by atoms with Gasteiger partial charge in [0.05, 0.1) is 22.8 Å². The number of carbonyl (C=O) groups is 1. The Labute approximate surface area is 136 Å². The van der Waals surface area contributed by atoms with Crippen molar-refractivity contribution in [1.82, 2.24) is 0 Å². The molecule has 0 radical (unpaired) electrons. The molecule has 0 saturated heterocycles. The molecule has 5 nitrogen and oxygen atoms in total. The molecule has 0 unspecified atom stereocenters. The van der Waals surface area contributed by atoms with Gasteiger partial charge in [-0.1, -0.05) is 25.1 Å². The molecule has 23 heavy (non-hydrogen) atoms. The molecule has 0 amide bonds. The van der Waals surface area contributed by atoms with Crippen molar-refractivity contribution in [1.29, 1.82) is 0 Å². The first-order valence-corrected chi connectivity index (χ1v) is 8.72. The summed E-state index contributed by atoms with van der Waals surface area (Å²) in [4.78, 5) is 11.9. The third-order valence-electron chi connectivity index (χ3n) is 3.31. The fourth-order valence-corrected chi connectivity index (χ4v) is 3.17. The molecule has 0 aliphatic rings. The van der Waals surface area contributed by atoms with Crippen molar-refractivity contribution >= 4 is 21.7 Å². The van der Waals surface area contributed by atoms with Crippen molar-refractivity contribution in [3.05, 3.63) is 60.2 Å². The van der Waals surface area contributed by atoms with E-state index in [0.29, 0.717) is 17.9 Å². The molecule has 6 heteroatoms. The molecule has 2 rings (SSSR count). The van der Waals surface area contributed by atoms with Crippen LogP contribution in [-0.4, -0.2) is 28.0 Å². The first-order valence-electron chi connectivity index (χ1n) is 7.28. The molecular formula is C17H19NO4S. The summed E-state index contributed by atoms with van der Waals surface area (Å²) in [6.45, 7) is 2.25. The summed E-state index contributed by atoms with van der Waals surface area (Å²) in [5.41, 5.74) is 0.902. The molecular weight excluding hydrogens is 314 g/mol. The molecule has 2 aromatic rings. The van der Waals surface area contributed by atoms with E-state index in [0.717, 1.165) is 6.42 Å². The van der Waals surface area contributed by atoms with Gasteiger partial charge in [0.15, 0.2) is 0 Å². The highest BCUT2D eigenvalue weighted by Gasteiger charge is 2.21. The Morgan fingerprint density at radius 1 is 1.04 bits per heavy atom. The van der Waals surface area contributed by atoms with Gasteiger partial charge in [-0.3, -0.25) is 4.31 Å². The zero-order valence-electron chi connectivity index (χ0n) is 13.1. The van der Waals surface area contributed by atoms with Crippen LogP contribution in [0, 0.1) is 0 Å². The van der Waals surface area contributed by atoms with Crippen LogP contribution < -0.4 is 4.31 Å². The van der Waals surface area contributed by atoms with E-state index in [1.807, 2.05) is 13.0 Å². The molecule has 0 fully saturated rings. The summed E-state index contributed by atoms with van der Waals surface area (Å²) in [6, 6.07) is 14.5. The fourth-order valence-electron chi connectivity index (χ4n) is 1.98. The Balaban J connectivity index is 2.22. The predicted octanol–water partition coefficient (Wildman–Crippen LogP) is 3.08. The summed E-state index contributed by atoms with van der Waals surface area (Å²) >= 11 is 0. The van der Waals surface area contributed by atoms with Crippen LogP contribution in [0.4, 0.5) is 5.69 Å². The lowest BCUT2D eigenvalue weighted by Crippen LogP contribution is -2.26. The lowest BCUT2D eigenvalue weighted by atomic mass is 10.2. The van der Waals surface area contributed by atoms with Gasteiger partial charge in [0.2, 0.25) is 0 Å². The first-order chi connectivity index (χ1) is 11.0. The Morgan fingerprint density at radius 2 is 1.65 bits per heavy atom. The highest BCUT2D eigenvalue weighted by atomic mass is 32.2. The maximum absolute atomic E-state index is 12.6. The van der Waals surface area contributed by atoms with Crippen LogP contribution >= 0.6 is 0 Å². The van der Waals surface area contributed by atoms with Crippen molar-refractivity contribution in [3.8, 4) is 0 Å². The van der Waals surface area contributed by atoms with E-state index in [9.17, 15) is 13.2 Å². The van der Waals surface area contributed by atoms with E-state index >= 15 is 0 Å². The Hall–Kier alpha value is -2.34. The van der Waals surface area contributed by atoms with Gasteiger partial charge in [-0.15, -0.1) is 0 Å². The second kappa shape index (κ2) is 7.28. The number of ether oxygens (including phenoxy) is 1. The summed E-state index contributed by atoms with van der Waals surface area (Å²) < 4.78 is 31.4. The van der Waals surface area contributed by atoms with E-state index in [1.165, 1.54) is 35.6 Å². The zero-order chi connectivity index (χ0) is 16.9. The lowest BCUT2D eigenvalue weighted by Gasteiger charge is -2.19. The summed E-state index contributed by atoms with van der Waals surface area (Å²) in [5, 5.41) is 0. The van der Waals surface area contributed by atoms with Crippen LogP contribution in [0.5, 0.6) is 0 Å². The number of hydrogen-bond acceptors (Lipinski definition) is 4. The van der Waals surface area contributed by atoms with Crippen LogP contribution in [0.15, 0.2) is 59.5 Å². The van der Waals surface area contributed by atoms with Crippen molar-refractivity contribution < 1.29 is 17.9 Å². The molecule has 0 heterocycles. The van der Waals surface area contributed by atoms with E-state index in [2.05, 4.69) is 0 Å². The Kier molecular flexibility index (Phi) is 5.39. The molecule has 0 saturated carbocycles. The number of rotatable bonds is 6. The minimum atomic E-state index is -3.67. The third-order valence-corrected chi connectivity index (χ3v) is 5.11. The quantitative estimate of drug-likeness (QED) is 0.762. The summed E-state index contributed by atoms with van der Waals surface area (Å²) in [7, 11) is -2.18. The third kappa shape index (κ3) is 3.90. The van der Waals surface area contributed by atoms with Gasteiger partial charge in [0, 0.05) is 7.05 Å². The molecule has 0 atom stereocenters. The number of anilines is 1. The van der Waals surface area contributed by atoms with E-state index < -0.39 is 16.0 Å². The molecule has 0 aliphatic heterocycles. The van der Waals surface area contributed by atoms with Gasteiger partial charge < -0.3 is 4.74 Å². The normalized spacial score (nSPS) is 11.0. The number of nitrogens with zero attached hydrogens (tertiary/aromatic N) is 1. The SMILES string of the molecule is CCCOC(=O)c1ccc(S(=O)(=O)N(C)c2ccccc2)cc1. The lowest BCUT2D eigenvalue weighted by molar-refractivity contribution is 0.0505. The van der Waals surface area contributed by atoms with Crippen LogP contribution in [0.2, 0.25) is 0 Å². The van der Waals surface area contributed by atoms with Gasteiger partial charge in [0.1, 0.15) is 0 Å². The number of hydrogen-bond donors (Lipinski definition) is 0. The van der Waals surface area contributed by atoms with Crippen molar-refractivity contribution in [2.75, 3.05) is 18.0 Å². The molecule has 0 aliphatic carbocycles. The minimum Gasteiger partial charge on any atom is -0.462 e. The second-order valence-corrected chi connectivity index (χ2v) is 6.94. The monoisotopic (exact) mass is 333 g/mol. The molecule has 0 spiro atoms. The maximum Gasteiger partial charge on any atom is 0.338 e. The summed E-state index contributed by atoms with van der Waals surface area (Å²) in [5.74, 6) is -0.452. The van der Waals surface area contributed by atoms with Gasteiger partial charge in [-0.25, -0.2) is 13.2 Å². The van der Waals surface area contributed by atoms with Gasteiger partial charge in [-0.05, 0) is 42.8 Å². The van der Waals surface area contributed by atoms with E-state index in [1.54, 1.807) is 24.3 Å². The highest BCUT2D eigenvalue weighted by molar-refractivity contribution is 7.92. The molecule has 0 aromatic heterocycles. The predicted molar refractivity (Wildman–Crippen MR) is 89.0 cm³/mol. The van der Waals surface area contributed by atoms with Crippen molar-refractivity contribution in [2.24, 2.45) is 0 Å². The zero-order valence-corrected chi connectivity index (χ0v) is 13.9. The topological polar surface area (TPSA) is 63.7 Å². The molecule has 0 N–H and O–H groups in total. The average Bonchev–Trinajstić information content (AvgIpc) is 2.59. The Morgan fingerprint density at radius 3 is 2.22 bits per heavy atom. The van der Waals surface area contributed by atoms with E-state index in [-0.39, 0.29) is 4.90 Å². The van der Waals surface area contributed by atoms with Crippen molar-refractivity contribution in [2.45, 2.75) is 18.2 Å². The van der Waals surface area contributed by atoms with Crippen molar-refractivity contribution in [3.63, 3.8) is 0 Å². The second-order valence-electron chi connectivity index (χ2n) is 4.97. The number of para-hydroxylation sites is 1. The Bertz CT molecular complexity index is 755. The maximum atomic E-state index is 12.6. The average molecular weight is 333 g/mol. The van der Waals surface area contributed by atoms with Crippen LogP contribution in [-0.2, 0) is 14.8 Å². The van der Waals surface area contributed by atoms with Gasteiger partial charge >= 0.3 is 5.97 Å². The molecule has 0 bridgehead atoms. The van der Waals surface area contributed by atoms with E-state index in [4.69, 9.17) is 4.74 Å². The number of esters is 1. The fraction of sp³-hybridized carbons (Fsp3) is 0.235. The first kappa shape index (κ1) is 17.0. The van der Waals surface area contributed by atoms with Gasteiger partial charge in [0.25, 0.3) is 10.0 Å². The number of carbonyl (C=O) groups excluding carboxylic acids is 1. The van der Waals surface area contributed by atoms with Crippen LogP contribution in [0.3, 0.4) is 0 Å². The van der Waals surface area contributed by atoms with Crippen LogP contribution in [0.1, 0.15) is 23.7 Å². The molecule has 122 valence electrons. The standard InChI is InChI=1S/C17H19NO4S/c1-3-13-22-17(19)14-9-11-16(12-10-14)23(20,21)18(2)15-7-5-4-6-8-15/h4-12H,3,13H2,1-2H3. The largest absolute Gasteiger partial charge is 0.462 e. The number of sulfonamides is 1. The number of benzene rings is 2. The minimum absolute atomic E-state index is 0.121. The highest BCUT2D eigenvalue weighted by Crippen LogP contribution is 2.22. The van der Waals surface area contributed by atoms with Gasteiger partial charge in [-0.2, -0.15) is 0 Å². The molecule has 2 aromatic carbocycles. The van der Waals surface area contributed by atoms with Crippen LogP contribution in [0.25, 0.3) is 0 Å². The smallest absolute Gasteiger partial charge is 0.338 e.